The quantitative estimate of drug-likeness (QED) is 0.765. The molecule has 0 fully saturated rings. The van der Waals surface area contributed by atoms with Gasteiger partial charge in [0.2, 0.25) is 5.91 Å². The van der Waals surface area contributed by atoms with Crippen LogP contribution in [0.5, 0.6) is 0 Å². The lowest BCUT2D eigenvalue weighted by atomic mass is 10.1. The van der Waals surface area contributed by atoms with Gasteiger partial charge < -0.3 is 5.32 Å². The molecule has 17 heavy (non-hydrogen) atoms. The molecular weight excluding hydrogens is 298 g/mol. The third kappa shape index (κ3) is 5.68. The number of hydrogen-bond acceptors (Lipinski definition) is 2. The second-order valence-electron chi connectivity index (χ2n) is 4.42. The van der Waals surface area contributed by atoms with Crippen molar-refractivity contribution in [2.45, 2.75) is 39.2 Å². The van der Waals surface area contributed by atoms with Crippen LogP contribution in [0, 0.1) is 5.92 Å². The van der Waals surface area contributed by atoms with Crippen molar-refractivity contribution in [3.8, 4) is 0 Å². The number of aryl methyl sites for hydroxylation is 1. The Morgan fingerprint density at radius 3 is 2.88 bits per heavy atom. The van der Waals surface area contributed by atoms with Gasteiger partial charge >= 0.3 is 0 Å². The molecule has 2 nitrogen and oxygen atoms in total. The number of thiophene rings is 1. The average molecular weight is 318 g/mol. The van der Waals surface area contributed by atoms with E-state index in [4.69, 9.17) is 0 Å². The summed E-state index contributed by atoms with van der Waals surface area (Å²) in [7, 11) is 0. The van der Waals surface area contributed by atoms with Gasteiger partial charge in [0.15, 0.2) is 0 Å². The van der Waals surface area contributed by atoms with Gasteiger partial charge in [-0.2, -0.15) is 0 Å². The standard InChI is InChI=1S/C13H20BrNOS/c1-10(9-14)11(2)15-13(16)7-3-5-12-6-4-8-17-12/h4,6,8,10-11H,3,5,7,9H2,1-2H3,(H,15,16). The van der Waals surface area contributed by atoms with Crippen molar-refractivity contribution in [1.82, 2.24) is 5.32 Å². The van der Waals surface area contributed by atoms with Crippen LogP contribution in [0.2, 0.25) is 0 Å². The summed E-state index contributed by atoms with van der Waals surface area (Å²) in [5.41, 5.74) is 0. The smallest absolute Gasteiger partial charge is 0.220 e. The van der Waals surface area contributed by atoms with Gasteiger partial charge in [0.25, 0.3) is 0 Å². The minimum absolute atomic E-state index is 0.168. The SMILES string of the molecule is CC(CBr)C(C)NC(=O)CCCc1cccs1. The van der Waals surface area contributed by atoms with E-state index in [2.05, 4.69) is 52.6 Å². The Kier molecular flexibility index (Phi) is 6.82. The summed E-state index contributed by atoms with van der Waals surface area (Å²) in [6.45, 7) is 4.19. The zero-order chi connectivity index (χ0) is 12.7. The summed E-state index contributed by atoms with van der Waals surface area (Å²) >= 11 is 5.19. The van der Waals surface area contributed by atoms with Crippen molar-refractivity contribution in [2.24, 2.45) is 5.92 Å². The Bertz CT molecular complexity index is 326. The van der Waals surface area contributed by atoms with Gasteiger partial charge in [-0.05, 0) is 37.1 Å². The van der Waals surface area contributed by atoms with Crippen LogP contribution in [0.15, 0.2) is 17.5 Å². The molecule has 1 N–H and O–H groups in total. The van der Waals surface area contributed by atoms with Gasteiger partial charge in [-0.15, -0.1) is 11.3 Å². The van der Waals surface area contributed by atoms with E-state index in [9.17, 15) is 4.79 Å². The molecule has 0 saturated heterocycles. The first-order valence-electron chi connectivity index (χ1n) is 6.01. The summed E-state index contributed by atoms with van der Waals surface area (Å²) in [4.78, 5) is 13.0. The average Bonchev–Trinajstić information content (AvgIpc) is 2.80. The second-order valence-corrected chi connectivity index (χ2v) is 6.10. The topological polar surface area (TPSA) is 29.1 Å². The van der Waals surface area contributed by atoms with E-state index < -0.39 is 0 Å². The third-order valence-electron chi connectivity index (χ3n) is 2.89. The predicted octanol–water partition coefficient (Wildman–Crippen LogP) is 3.61. The first-order chi connectivity index (χ1) is 8.13. The van der Waals surface area contributed by atoms with Gasteiger partial charge in [0.05, 0.1) is 0 Å². The van der Waals surface area contributed by atoms with Gasteiger partial charge in [-0.25, -0.2) is 0 Å². The fourth-order valence-electron chi connectivity index (χ4n) is 1.48. The number of carbonyl (C=O) groups is 1. The normalized spacial score (nSPS) is 14.3. The summed E-state index contributed by atoms with van der Waals surface area (Å²) in [5, 5.41) is 6.04. The molecule has 0 aliphatic carbocycles. The number of rotatable bonds is 7. The van der Waals surface area contributed by atoms with Crippen molar-refractivity contribution in [3.63, 3.8) is 0 Å². The molecule has 1 aromatic heterocycles. The maximum atomic E-state index is 11.7. The monoisotopic (exact) mass is 317 g/mol. The highest BCUT2D eigenvalue weighted by Gasteiger charge is 2.13. The Morgan fingerprint density at radius 1 is 1.53 bits per heavy atom. The van der Waals surface area contributed by atoms with Crippen LogP contribution in [0.3, 0.4) is 0 Å². The van der Waals surface area contributed by atoms with Gasteiger partial charge in [0, 0.05) is 22.7 Å². The molecule has 1 amide bonds. The number of hydrogen-bond donors (Lipinski definition) is 1. The highest BCUT2D eigenvalue weighted by Crippen LogP contribution is 2.12. The number of alkyl halides is 1. The van der Waals surface area contributed by atoms with E-state index in [0.717, 1.165) is 18.2 Å². The van der Waals surface area contributed by atoms with Crippen LogP contribution in [0.1, 0.15) is 31.6 Å². The Morgan fingerprint density at radius 2 is 2.29 bits per heavy atom. The van der Waals surface area contributed by atoms with Crippen molar-refractivity contribution in [1.29, 1.82) is 0 Å². The molecule has 0 bridgehead atoms. The predicted molar refractivity (Wildman–Crippen MR) is 77.8 cm³/mol. The van der Waals surface area contributed by atoms with Crippen molar-refractivity contribution < 1.29 is 4.79 Å². The van der Waals surface area contributed by atoms with Crippen LogP contribution in [0.25, 0.3) is 0 Å². The summed E-state index contributed by atoms with van der Waals surface area (Å²) in [6.07, 6.45) is 2.56. The fourth-order valence-corrected chi connectivity index (χ4v) is 2.79. The molecule has 0 saturated carbocycles. The minimum atomic E-state index is 0.168. The number of halogens is 1. The zero-order valence-corrected chi connectivity index (χ0v) is 12.8. The van der Waals surface area contributed by atoms with Crippen molar-refractivity contribution in [2.75, 3.05) is 5.33 Å². The van der Waals surface area contributed by atoms with Crippen LogP contribution in [0.4, 0.5) is 0 Å². The molecule has 1 rings (SSSR count). The lowest BCUT2D eigenvalue weighted by molar-refractivity contribution is -0.122. The minimum Gasteiger partial charge on any atom is -0.353 e. The van der Waals surface area contributed by atoms with E-state index in [1.54, 1.807) is 11.3 Å². The lowest BCUT2D eigenvalue weighted by Gasteiger charge is -2.19. The third-order valence-corrected chi connectivity index (χ3v) is 4.85. The van der Waals surface area contributed by atoms with Crippen LogP contribution < -0.4 is 5.32 Å². The molecule has 0 radical (unpaired) electrons. The Labute approximate surface area is 116 Å². The summed E-state index contributed by atoms with van der Waals surface area (Å²) in [5.74, 6) is 0.637. The molecule has 0 aliphatic rings. The molecule has 0 spiro atoms. The van der Waals surface area contributed by atoms with E-state index in [0.29, 0.717) is 12.3 Å². The highest BCUT2D eigenvalue weighted by molar-refractivity contribution is 9.09. The van der Waals surface area contributed by atoms with Crippen molar-refractivity contribution >= 4 is 33.2 Å². The highest BCUT2D eigenvalue weighted by atomic mass is 79.9. The zero-order valence-electron chi connectivity index (χ0n) is 10.4. The Balaban J connectivity index is 2.17. The fraction of sp³-hybridized carbons (Fsp3) is 0.615. The van der Waals surface area contributed by atoms with E-state index in [-0.39, 0.29) is 11.9 Å². The largest absolute Gasteiger partial charge is 0.353 e. The van der Waals surface area contributed by atoms with E-state index in [1.165, 1.54) is 4.88 Å². The number of nitrogens with one attached hydrogen (secondary N) is 1. The summed E-state index contributed by atoms with van der Waals surface area (Å²) in [6, 6.07) is 4.42. The van der Waals surface area contributed by atoms with E-state index in [1.807, 2.05) is 0 Å². The number of carbonyl (C=O) groups excluding carboxylic acids is 1. The second kappa shape index (κ2) is 7.88. The lowest BCUT2D eigenvalue weighted by Crippen LogP contribution is -2.37. The van der Waals surface area contributed by atoms with Crippen LogP contribution in [-0.2, 0) is 11.2 Å². The molecule has 0 aliphatic heterocycles. The first-order valence-corrected chi connectivity index (χ1v) is 8.01. The van der Waals surface area contributed by atoms with Gasteiger partial charge in [-0.3, -0.25) is 4.79 Å². The molecule has 1 aromatic rings. The molecular formula is C13H20BrNOS. The van der Waals surface area contributed by atoms with Crippen molar-refractivity contribution in [3.05, 3.63) is 22.4 Å². The van der Waals surface area contributed by atoms with E-state index >= 15 is 0 Å². The molecule has 2 unspecified atom stereocenters. The first kappa shape index (κ1) is 14.7. The van der Waals surface area contributed by atoms with Crippen LogP contribution >= 0.6 is 27.3 Å². The molecule has 0 aromatic carbocycles. The van der Waals surface area contributed by atoms with Gasteiger partial charge in [0.1, 0.15) is 0 Å². The van der Waals surface area contributed by atoms with Crippen LogP contribution in [-0.4, -0.2) is 17.3 Å². The maximum Gasteiger partial charge on any atom is 0.220 e. The Hall–Kier alpha value is -0.350. The number of amides is 1. The van der Waals surface area contributed by atoms with Gasteiger partial charge in [-0.1, -0.05) is 28.9 Å². The molecule has 1 heterocycles. The summed E-state index contributed by atoms with van der Waals surface area (Å²) < 4.78 is 0. The molecule has 2 atom stereocenters. The molecule has 96 valence electrons. The maximum absolute atomic E-state index is 11.7. The molecule has 4 heteroatoms.